The van der Waals surface area contributed by atoms with Crippen molar-refractivity contribution in [1.82, 2.24) is 0 Å². The summed E-state index contributed by atoms with van der Waals surface area (Å²) >= 11 is 0. The Kier molecular flexibility index (Phi) is 3.31. The van der Waals surface area contributed by atoms with Crippen LogP contribution < -0.4 is 5.73 Å². The zero-order chi connectivity index (χ0) is 12.4. The molecule has 2 N–H and O–H groups in total. The van der Waals surface area contributed by atoms with Crippen molar-refractivity contribution in [2.24, 2.45) is 5.92 Å². The molecule has 2 rings (SSSR count). The van der Waals surface area contributed by atoms with Gasteiger partial charge in [-0.1, -0.05) is 19.8 Å². The second-order valence-corrected chi connectivity index (χ2v) is 5.03. The lowest BCUT2D eigenvalue weighted by molar-refractivity contribution is -0.384. The van der Waals surface area contributed by atoms with Crippen molar-refractivity contribution in [1.29, 1.82) is 0 Å². The van der Waals surface area contributed by atoms with E-state index in [2.05, 4.69) is 6.92 Å². The maximum Gasteiger partial charge on any atom is 0.269 e. The highest BCUT2D eigenvalue weighted by Gasteiger charge is 2.22. The molecule has 0 bridgehead atoms. The van der Waals surface area contributed by atoms with Crippen molar-refractivity contribution in [2.75, 3.05) is 5.73 Å². The molecule has 1 aromatic rings. The molecule has 0 amide bonds. The topological polar surface area (TPSA) is 69.2 Å². The third-order valence-corrected chi connectivity index (χ3v) is 3.74. The van der Waals surface area contributed by atoms with Crippen LogP contribution in [0.5, 0.6) is 0 Å². The first-order valence-electron chi connectivity index (χ1n) is 6.11. The fourth-order valence-electron chi connectivity index (χ4n) is 2.60. The number of nitro benzene ring substituents is 1. The van der Waals surface area contributed by atoms with E-state index in [0.717, 1.165) is 24.3 Å². The lowest BCUT2D eigenvalue weighted by Crippen LogP contribution is -2.12. The first-order chi connectivity index (χ1) is 8.08. The fourth-order valence-corrected chi connectivity index (χ4v) is 2.60. The van der Waals surface area contributed by atoms with E-state index in [-0.39, 0.29) is 10.6 Å². The minimum absolute atomic E-state index is 0.146. The Bertz CT molecular complexity index is 423. The van der Waals surface area contributed by atoms with Gasteiger partial charge >= 0.3 is 0 Å². The van der Waals surface area contributed by atoms with E-state index in [9.17, 15) is 10.1 Å². The molecular weight excluding hydrogens is 216 g/mol. The van der Waals surface area contributed by atoms with Crippen LogP contribution in [-0.4, -0.2) is 4.92 Å². The first-order valence-corrected chi connectivity index (χ1v) is 6.11. The second-order valence-electron chi connectivity index (χ2n) is 5.03. The van der Waals surface area contributed by atoms with Gasteiger partial charge < -0.3 is 5.73 Å². The maximum absolute atomic E-state index is 10.8. The number of nitrogen functional groups attached to an aromatic ring is 1. The van der Waals surface area contributed by atoms with Crippen molar-refractivity contribution < 1.29 is 4.92 Å². The molecule has 1 aliphatic rings. The van der Waals surface area contributed by atoms with Crippen molar-refractivity contribution in [2.45, 2.75) is 38.5 Å². The van der Waals surface area contributed by atoms with Gasteiger partial charge in [-0.3, -0.25) is 10.1 Å². The maximum atomic E-state index is 10.8. The van der Waals surface area contributed by atoms with E-state index in [1.807, 2.05) is 0 Å². The SMILES string of the molecule is CC1CCC(c2cc([N+](=O)[O-])ccc2N)CC1. The number of non-ortho nitro benzene ring substituents is 1. The van der Waals surface area contributed by atoms with Gasteiger partial charge in [-0.2, -0.15) is 0 Å². The molecule has 4 nitrogen and oxygen atoms in total. The molecule has 0 saturated heterocycles. The standard InChI is InChI=1S/C13H18N2O2/c1-9-2-4-10(5-3-9)12-8-11(15(16)17)6-7-13(12)14/h6-10H,2-5,14H2,1H3. The number of rotatable bonds is 2. The van der Waals surface area contributed by atoms with Gasteiger partial charge in [0.15, 0.2) is 0 Å². The van der Waals surface area contributed by atoms with E-state index in [1.54, 1.807) is 12.1 Å². The van der Waals surface area contributed by atoms with E-state index < -0.39 is 0 Å². The Hall–Kier alpha value is -1.58. The second kappa shape index (κ2) is 4.73. The lowest BCUT2D eigenvalue weighted by atomic mass is 9.79. The number of nitrogens with two attached hydrogens (primary N) is 1. The molecule has 0 unspecified atom stereocenters. The number of nitro groups is 1. The highest BCUT2D eigenvalue weighted by Crippen LogP contribution is 2.38. The number of benzene rings is 1. The molecule has 4 heteroatoms. The van der Waals surface area contributed by atoms with E-state index in [1.165, 1.54) is 18.9 Å². The molecule has 0 spiro atoms. The third kappa shape index (κ3) is 2.57. The Labute approximate surface area is 101 Å². The van der Waals surface area contributed by atoms with Crippen LogP contribution in [0.4, 0.5) is 11.4 Å². The average molecular weight is 234 g/mol. The minimum Gasteiger partial charge on any atom is -0.398 e. The number of hydrogen-bond donors (Lipinski definition) is 1. The van der Waals surface area contributed by atoms with Gasteiger partial charge in [0.2, 0.25) is 0 Å². The number of nitrogens with zero attached hydrogens (tertiary/aromatic N) is 1. The zero-order valence-electron chi connectivity index (χ0n) is 10.1. The fraction of sp³-hybridized carbons (Fsp3) is 0.538. The number of anilines is 1. The Balaban J connectivity index is 2.25. The summed E-state index contributed by atoms with van der Waals surface area (Å²) in [4.78, 5) is 10.4. The van der Waals surface area contributed by atoms with Crippen LogP contribution in [0.15, 0.2) is 18.2 Å². The molecule has 1 fully saturated rings. The van der Waals surface area contributed by atoms with Gasteiger partial charge in [0.25, 0.3) is 5.69 Å². The highest BCUT2D eigenvalue weighted by atomic mass is 16.6. The molecule has 0 radical (unpaired) electrons. The van der Waals surface area contributed by atoms with E-state index >= 15 is 0 Å². The van der Waals surface area contributed by atoms with Crippen molar-refractivity contribution in [3.63, 3.8) is 0 Å². The molecule has 17 heavy (non-hydrogen) atoms. The normalized spacial score (nSPS) is 24.5. The lowest BCUT2D eigenvalue weighted by Gasteiger charge is -2.27. The summed E-state index contributed by atoms with van der Waals surface area (Å²) < 4.78 is 0. The Morgan fingerprint density at radius 1 is 1.29 bits per heavy atom. The Morgan fingerprint density at radius 3 is 2.53 bits per heavy atom. The van der Waals surface area contributed by atoms with Gasteiger partial charge in [0, 0.05) is 17.8 Å². The van der Waals surface area contributed by atoms with E-state index in [4.69, 9.17) is 5.73 Å². The van der Waals surface area contributed by atoms with Gasteiger partial charge in [-0.25, -0.2) is 0 Å². The van der Waals surface area contributed by atoms with Crippen LogP contribution in [0, 0.1) is 16.0 Å². The summed E-state index contributed by atoms with van der Waals surface area (Å²) in [5, 5.41) is 10.8. The molecule has 1 aliphatic carbocycles. The summed E-state index contributed by atoms with van der Waals surface area (Å²) in [7, 11) is 0. The largest absolute Gasteiger partial charge is 0.398 e. The van der Waals surface area contributed by atoms with Crippen molar-refractivity contribution in [3.8, 4) is 0 Å². The molecule has 1 aromatic carbocycles. The van der Waals surface area contributed by atoms with Crippen molar-refractivity contribution >= 4 is 11.4 Å². The van der Waals surface area contributed by atoms with Gasteiger partial charge in [-0.05, 0) is 36.3 Å². The quantitative estimate of drug-likeness (QED) is 0.484. The van der Waals surface area contributed by atoms with Gasteiger partial charge in [0.05, 0.1) is 4.92 Å². The molecule has 1 saturated carbocycles. The van der Waals surface area contributed by atoms with Gasteiger partial charge in [0.1, 0.15) is 0 Å². The molecule has 0 atom stereocenters. The summed E-state index contributed by atoms with van der Waals surface area (Å²) in [6.45, 7) is 2.26. The van der Waals surface area contributed by atoms with Crippen LogP contribution in [0.25, 0.3) is 0 Å². The molecule has 92 valence electrons. The van der Waals surface area contributed by atoms with Crippen LogP contribution >= 0.6 is 0 Å². The van der Waals surface area contributed by atoms with Crippen LogP contribution in [0.2, 0.25) is 0 Å². The molecule has 0 heterocycles. The summed E-state index contributed by atoms with van der Waals surface area (Å²) in [5.74, 6) is 1.16. The average Bonchev–Trinajstić information content (AvgIpc) is 2.31. The first kappa shape index (κ1) is 11.9. The summed E-state index contributed by atoms with van der Waals surface area (Å²) in [6.07, 6.45) is 4.55. The number of hydrogen-bond acceptors (Lipinski definition) is 3. The predicted molar refractivity (Wildman–Crippen MR) is 67.9 cm³/mol. The molecule has 0 aromatic heterocycles. The smallest absolute Gasteiger partial charge is 0.269 e. The minimum atomic E-state index is -0.353. The third-order valence-electron chi connectivity index (χ3n) is 3.74. The predicted octanol–water partition coefficient (Wildman–Crippen LogP) is 3.47. The van der Waals surface area contributed by atoms with Crippen LogP contribution in [0.3, 0.4) is 0 Å². The Morgan fingerprint density at radius 2 is 1.94 bits per heavy atom. The molecule has 0 aliphatic heterocycles. The van der Waals surface area contributed by atoms with E-state index in [0.29, 0.717) is 11.6 Å². The monoisotopic (exact) mass is 234 g/mol. The summed E-state index contributed by atoms with van der Waals surface area (Å²) in [6, 6.07) is 4.78. The zero-order valence-corrected chi connectivity index (χ0v) is 10.1. The van der Waals surface area contributed by atoms with Crippen molar-refractivity contribution in [3.05, 3.63) is 33.9 Å². The highest BCUT2D eigenvalue weighted by molar-refractivity contribution is 5.54. The molecular formula is C13H18N2O2. The van der Waals surface area contributed by atoms with Gasteiger partial charge in [-0.15, -0.1) is 0 Å². The summed E-state index contributed by atoms with van der Waals surface area (Å²) in [5.41, 5.74) is 7.73. The van der Waals surface area contributed by atoms with Crippen LogP contribution in [0.1, 0.15) is 44.1 Å². The van der Waals surface area contributed by atoms with Crippen LogP contribution in [-0.2, 0) is 0 Å².